The molecule has 0 fully saturated rings. The number of anilines is 2. The Morgan fingerprint density at radius 2 is 1.79 bits per heavy atom. The van der Waals surface area contributed by atoms with E-state index in [9.17, 15) is 4.79 Å². The molecule has 0 aliphatic carbocycles. The Balaban J connectivity index is 1.83. The van der Waals surface area contributed by atoms with Crippen LogP contribution in [0.4, 0.5) is 11.4 Å². The van der Waals surface area contributed by atoms with Crippen molar-refractivity contribution in [2.75, 3.05) is 11.1 Å². The predicted octanol–water partition coefficient (Wildman–Crippen LogP) is 5.16. The van der Waals surface area contributed by atoms with Crippen molar-refractivity contribution in [3.05, 3.63) is 69.9 Å². The Morgan fingerprint density at radius 3 is 2.46 bits per heavy atom. The fourth-order valence-electron chi connectivity index (χ4n) is 2.58. The highest BCUT2D eigenvalue weighted by Gasteiger charge is 2.15. The Morgan fingerprint density at radius 1 is 1.08 bits per heavy atom. The number of aryl methyl sites for hydroxylation is 2. The van der Waals surface area contributed by atoms with Crippen LogP contribution in [0.25, 0.3) is 11.3 Å². The van der Waals surface area contributed by atoms with Gasteiger partial charge in [0, 0.05) is 10.0 Å². The molecule has 0 aliphatic rings. The maximum atomic E-state index is 12.4. The van der Waals surface area contributed by atoms with Gasteiger partial charge in [0.1, 0.15) is 5.76 Å². The highest BCUT2D eigenvalue weighted by atomic mass is 79.9. The van der Waals surface area contributed by atoms with Gasteiger partial charge in [-0.25, -0.2) is 0 Å². The van der Waals surface area contributed by atoms with Crippen molar-refractivity contribution in [1.29, 1.82) is 0 Å². The second kappa shape index (κ2) is 6.53. The van der Waals surface area contributed by atoms with Crippen LogP contribution in [-0.4, -0.2) is 5.91 Å². The summed E-state index contributed by atoms with van der Waals surface area (Å²) in [6, 6.07) is 14.9. The Kier molecular flexibility index (Phi) is 4.44. The van der Waals surface area contributed by atoms with Gasteiger partial charge in [-0.1, -0.05) is 34.1 Å². The van der Waals surface area contributed by atoms with E-state index in [2.05, 4.69) is 21.2 Å². The zero-order valence-corrected chi connectivity index (χ0v) is 15.0. The van der Waals surface area contributed by atoms with Crippen molar-refractivity contribution >= 4 is 33.2 Å². The maximum absolute atomic E-state index is 12.4. The lowest BCUT2D eigenvalue weighted by atomic mass is 10.1. The molecule has 0 saturated heterocycles. The number of nitrogens with two attached hydrogens (primary N) is 1. The molecular weight excluding hydrogens is 368 g/mol. The van der Waals surface area contributed by atoms with Gasteiger partial charge in [0.2, 0.25) is 0 Å². The van der Waals surface area contributed by atoms with Crippen molar-refractivity contribution in [3.8, 4) is 11.3 Å². The maximum Gasteiger partial charge on any atom is 0.291 e. The van der Waals surface area contributed by atoms with Gasteiger partial charge in [-0.2, -0.15) is 0 Å². The monoisotopic (exact) mass is 384 g/mol. The number of hydrogen-bond acceptors (Lipinski definition) is 3. The SMILES string of the molecule is Cc1cc(C)c(NC(=O)c2ccc(-c3ccc(Br)cc3)o2)c(N)c1. The van der Waals surface area contributed by atoms with Crippen molar-refractivity contribution in [2.24, 2.45) is 0 Å². The van der Waals surface area contributed by atoms with E-state index in [0.29, 0.717) is 17.1 Å². The third-order valence-corrected chi connectivity index (χ3v) is 4.24. The third-order valence-electron chi connectivity index (χ3n) is 3.71. The first-order valence-corrected chi connectivity index (χ1v) is 8.27. The van der Waals surface area contributed by atoms with Gasteiger partial charge in [-0.15, -0.1) is 0 Å². The normalized spacial score (nSPS) is 10.6. The first-order chi connectivity index (χ1) is 11.4. The Bertz CT molecular complexity index is 875. The lowest BCUT2D eigenvalue weighted by Gasteiger charge is -2.11. The molecule has 3 rings (SSSR count). The quantitative estimate of drug-likeness (QED) is 0.612. The molecule has 0 spiro atoms. The second-order valence-corrected chi connectivity index (χ2v) is 6.59. The van der Waals surface area contributed by atoms with Gasteiger partial charge < -0.3 is 15.5 Å². The van der Waals surface area contributed by atoms with Crippen molar-refractivity contribution in [1.82, 2.24) is 0 Å². The molecule has 0 aliphatic heterocycles. The highest BCUT2D eigenvalue weighted by Crippen LogP contribution is 2.27. The van der Waals surface area contributed by atoms with Gasteiger partial charge in [-0.3, -0.25) is 4.79 Å². The molecule has 24 heavy (non-hydrogen) atoms. The van der Waals surface area contributed by atoms with Crippen LogP contribution < -0.4 is 11.1 Å². The largest absolute Gasteiger partial charge is 0.451 e. The summed E-state index contributed by atoms with van der Waals surface area (Å²) in [7, 11) is 0. The van der Waals surface area contributed by atoms with Crippen LogP contribution in [0, 0.1) is 13.8 Å². The average molecular weight is 385 g/mol. The molecule has 2 aromatic carbocycles. The van der Waals surface area contributed by atoms with E-state index in [0.717, 1.165) is 21.2 Å². The van der Waals surface area contributed by atoms with Gasteiger partial charge in [0.15, 0.2) is 5.76 Å². The van der Waals surface area contributed by atoms with Crippen LogP contribution in [0.2, 0.25) is 0 Å². The number of carbonyl (C=O) groups is 1. The second-order valence-electron chi connectivity index (χ2n) is 5.67. The number of carbonyl (C=O) groups excluding carboxylic acids is 1. The fourth-order valence-corrected chi connectivity index (χ4v) is 2.84. The molecule has 0 unspecified atom stereocenters. The van der Waals surface area contributed by atoms with E-state index in [4.69, 9.17) is 10.2 Å². The minimum atomic E-state index is -0.322. The topological polar surface area (TPSA) is 68.3 Å². The summed E-state index contributed by atoms with van der Waals surface area (Å²) in [4.78, 5) is 12.4. The first-order valence-electron chi connectivity index (χ1n) is 7.48. The lowest BCUT2D eigenvalue weighted by molar-refractivity contribution is 0.0997. The summed E-state index contributed by atoms with van der Waals surface area (Å²) in [5.74, 6) is 0.561. The number of amides is 1. The standard InChI is InChI=1S/C19H17BrN2O2/c1-11-9-12(2)18(15(21)10-11)22-19(23)17-8-7-16(24-17)13-3-5-14(20)6-4-13/h3-10H,21H2,1-2H3,(H,22,23). The van der Waals surface area contributed by atoms with Gasteiger partial charge in [-0.05, 0) is 55.3 Å². The zero-order valence-electron chi connectivity index (χ0n) is 13.4. The van der Waals surface area contributed by atoms with E-state index in [1.54, 1.807) is 12.1 Å². The van der Waals surface area contributed by atoms with Crippen molar-refractivity contribution < 1.29 is 9.21 Å². The molecule has 122 valence electrons. The molecule has 0 atom stereocenters. The average Bonchev–Trinajstić information content (AvgIpc) is 3.01. The van der Waals surface area contributed by atoms with Gasteiger partial charge in [0.05, 0.1) is 11.4 Å². The van der Waals surface area contributed by atoms with Crippen LogP contribution in [0.15, 0.2) is 57.4 Å². The van der Waals surface area contributed by atoms with Gasteiger partial charge >= 0.3 is 0 Å². The molecule has 5 heteroatoms. The zero-order chi connectivity index (χ0) is 17.3. The highest BCUT2D eigenvalue weighted by molar-refractivity contribution is 9.10. The van der Waals surface area contributed by atoms with Gasteiger partial charge in [0.25, 0.3) is 5.91 Å². The number of furan rings is 1. The predicted molar refractivity (Wildman–Crippen MR) is 100 cm³/mol. The van der Waals surface area contributed by atoms with E-state index in [1.807, 2.05) is 50.2 Å². The van der Waals surface area contributed by atoms with Crippen LogP contribution in [0.1, 0.15) is 21.7 Å². The molecule has 1 aromatic heterocycles. The molecular formula is C19H17BrN2O2. The third kappa shape index (κ3) is 3.36. The summed E-state index contributed by atoms with van der Waals surface area (Å²) in [5.41, 5.74) is 10.0. The smallest absolute Gasteiger partial charge is 0.291 e. The fraction of sp³-hybridized carbons (Fsp3) is 0.105. The van der Waals surface area contributed by atoms with Crippen LogP contribution >= 0.6 is 15.9 Å². The molecule has 0 bridgehead atoms. The lowest BCUT2D eigenvalue weighted by Crippen LogP contribution is -2.13. The Hall–Kier alpha value is -2.53. The summed E-state index contributed by atoms with van der Waals surface area (Å²) >= 11 is 3.40. The number of hydrogen-bond donors (Lipinski definition) is 2. The van der Waals surface area contributed by atoms with Crippen molar-refractivity contribution in [2.45, 2.75) is 13.8 Å². The molecule has 3 aromatic rings. The van der Waals surface area contributed by atoms with Crippen LogP contribution in [0.5, 0.6) is 0 Å². The minimum absolute atomic E-state index is 0.243. The molecule has 0 radical (unpaired) electrons. The van der Waals surface area contributed by atoms with E-state index in [-0.39, 0.29) is 11.7 Å². The molecule has 0 saturated carbocycles. The summed E-state index contributed by atoms with van der Waals surface area (Å²) in [6.45, 7) is 3.88. The number of benzene rings is 2. The number of nitrogens with one attached hydrogen (secondary N) is 1. The molecule has 4 nitrogen and oxygen atoms in total. The van der Waals surface area contributed by atoms with E-state index >= 15 is 0 Å². The molecule has 1 heterocycles. The summed E-state index contributed by atoms with van der Waals surface area (Å²) in [6.07, 6.45) is 0. The first kappa shape index (κ1) is 16.3. The Labute approximate surface area is 148 Å². The van der Waals surface area contributed by atoms with Crippen LogP contribution in [-0.2, 0) is 0 Å². The van der Waals surface area contributed by atoms with E-state index < -0.39 is 0 Å². The van der Waals surface area contributed by atoms with Crippen molar-refractivity contribution in [3.63, 3.8) is 0 Å². The number of rotatable bonds is 3. The summed E-state index contributed by atoms with van der Waals surface area (Å²) < 4.78 is 6.67. The molecule has 1 amide bonds. The minimum Gasteiger partial charge on any atom is -0.451 e. The summed E-state index contributed by atoms with van der Waals surface area (Å²) in [5, 5.41) is 2.83. The number of halogens is 1. The van der Waals surface area contributed by atoms with E-state index in [1.165, 1.54) is 0 Å². The molecule has 3 N–H and O–H groups in total. The van der Waals surface area contributed by atoms with Crippen LogP contribution in [0.3, 0.4) is 0 Å². The number of nitrogen functional groups attached to an aromatic ring is 1.